The standard InChI is InChI=1S/C10H23Si/c1-8(2)11(7,9(3)4)10(5)6/h8-10H,7H2,1-6H3. The first-order chi connectivity index (χ1) is 4.83. The first-order valence-corrected chi connectivity index (χ1v) is 7.12. The van der Waals surface area contributed by atoms with Crippen molar-refractivity contribution in [3.05, 3.63) is 6.55 Å². The van der Waals surface area contributed by atoms with Gasteiger partial charge in [0.25, 0.3) is 0 Å². The summed E-state index contributed by atoms with van der Waals surface area (Å²) in [7, 11) is -1.23. The van der Waals surface area contributed by atoms with Gasteiger partial charge in [-0.1, -0.05) is 64.7 Å². The second-order valence-electron chi connectivity index (χ2n) is 4.58. The van der Waals surface area contributed by atoms with Crippen LogP contribution >= 0.6 is 0 Å². The lowest BCUT2D eigenvalue weighted by Crippen LogP contribution is -2.41. The van der Waals surface area contributed by atoms with Crippen LogP contribution in [-0.2, 0) is 0 Å². The average Bonchev–Trinajstić information content (AvgIpc) is 1.84. The highest BCUT2D eigenvalue weighted by Gasteiger charge is 2.37. The summed E-state index contributed by atoms with van der Waals surface area (Å²) < 4.78 is 0. The van der Waals surface area contributed by atoms with E-state index in [9.17, 15) is 0 Å². The van der Waals surface area contributed by atoms with Crippen LogP contribution in [0.25, 0.3) is 0 Å². The third kappa shape index (κ3) is 2.08. The van der Waals surface area contributed by atoms with Crippen LogP contribution in [0.3, 0.4) is 0 Å². The molecule has 0 saturated heterocycles. The van der Waals surface area contributed by atoms with E-state index in [1.807, 2.05) is 0 Å². The summed E-state index contributed by atoms with van der Waals surface area (Å²) in [5.74, 6) is 0. The molecule has 1 heteroatoms. The molecule has 0 aliphatic rings. The van der Waals surface area contributed by atoms with Crippen LogP contribution in [0.1, 0.15) is 41.5 Å². The minimum absolute atomic E-state index is 0.808. The molecule has 0 aromatic heterocycles. The van der Waals surface area contributed by atoms with Gasteiger partial charge in [0.15, 0.2) is 0 Å². The van der Waals surface area contributed by atoms with Gasteiger partial charge in [-0.3, -0.25) is 0 Å². The molecule has 0 nitrogen and oxygen atoms in total. The normalized spacial score (nSPS) is 13.6. The Morgan fingerprint density at radius 1 is 0.727 bits per heavy atom. The summed E-state index contributed by atoms with van der Waals surface area (Å²) in [6.45, 7) is 18.5. The highest BCUT2D eigenvalue weighted by atomic mass is 28.3. The lowest BCUT2D eigenvalue weighted by Gasteiger charge is -2.39. The zero-order valence-electron chi connectivity index (χ0n) is 8.94. The molecule has 0 amide bonds. The SMILES string of the molecule is [CH2][Si](C(C)C)(C(C)C)C(C)C. The van der Waals surface area contributed by atoms with Gasteiger partial charge in [0, 0.05) is 0 Å². The van der Waals surface area contributed by atoms with Crippen LogP contribution in [0, 0.1) is 6.55 Å². The van der Waals surface area contributed by atoms with E-state index in [4.69, 9.17) is 0 Å². The quantitative estimate of drug-likeness (QED) is 0.562. The molecule has 0 N–H and O–H groups in total. The van der Waals surface area contributed by atoms with E-state index >= 15 is 0 Å². The zero-order valence-corrected chi connectivity index (χ0v) is 9.94. The molecule has 11 heavy (non-hydrogen) atoms. The molecule has 0 aromatic carbocycles. The second-order valence-corrected chi connectivity index (χ2v) is 10.3. The van der Waals surface area contributed by atoms with Gasteiger partial charge in [-0.2, -0.15) is 0 Å². The fourth-order valence-corrected chi connectivity index (χ4v) is 6.00. The maximum Gasteiger partial charge on any atom is 0.0610 e. The lowest BCUT2D eigenvalue weighted by molar-refractivity contribution is 0.832. The summed E-state index contributed by atoms with van der Waals surface area (Å²) in [5.41, 5.74) is 2.42. The van der Waals surface area contributed by atoms with E-state index in [1.165, 1.54) is 0 Å². The lowest BCUT2D eigenvalue weighted by atomic mass is 10.5. The first kappa shape index (κ1) is 11.2. The summed E-state index contributed by atoms with van der Waals surface area (Å²) >= 11 is 0. The molecule has 0 aliphatic heterocycles. The van der Waals surface area contributed by atoms with Crippen molar-refractivity contribution in [2.24, 2.45) is 0 Å². The van der Waals surface area contributed by atoms with Crippen molar-refractivity contribution in [1.29, 1.82) is 0 Å². The van der Waals surface area contributed by atoms with Crippen LogP contribution in [-0.4, -0.2) is 8.07 Å². The molecule has 0 rings (SSSR count). The smallest absolute Gasteiger partial charge is 0.0610 e. The molecule has 0 atom stereocenters. The molecule has 0 saturated carbocycles. The van der Waals surface area contributed by atoms with E-state index in [0.717, 1.165) is 16.6 Å². The van der Waals surface area contributed by atoms with Crippen LogP contribution in [0.15, 0.2) is 0 Å². The Bertz CT molecular complexity index is 92.3. The molecule has 1 radical (unpaired) electrons. The van der Waals surface area contributed by atoms with Crippen LogP contribution < -0.4 is 0 Å². The molecular weight excluding hydrogens is 148 g/mol. The van der Waals surface area contributed by atoms with Gasteiger partial charge in [0.05, 0.1) is 8.07 Å². The molecule has 0 fully saturated rings. The van der Waals surface area contributed by atoms with Gasteiger partial charge in [0.1, 0.15) is 0 Å². The van der Waals surface area contributed by atoms with E-state index in [0.29, 0.717) is 0 Å². The second kappa shape index (κ2) is 3.75. The van der Waals surface area contributed by atoms with Gasteiger partial charge >= 0.3 is 0 Å². The van der Waals surface area contributed by atoms with Crippen molar-refractivity contribution in [1.82, 2.24) is 0 Å². The maximum atomic E-state index is 4.51. The minimum atomic E-state index is -1.23. The van der Waals surface area contributed by atoms with Crippen LogP contribution in [0.5, 0.6) is 0 Å². The highest BCUT2D eigenvalue weighted by molar-refractivity contribution is 6.85. The predicted molar refractivity (Wildman–Crippen MR) is 56.4 cm³/mol. The maximum absolute atomic E-state index is 4.51. The fraction of sp³-hybridized carbons (Fsp3) is 0.900. The molecule has 0 aromatic rings. The third-order valence-electron chi connectivity index (χ3n) is 3.22. The highest BCUT2D eigenvalue weighted by Crippen LogP contribution is 2.40. The van der Waals surface area contributed by atoms with E-state index in [2.05, 4.69) is 48.1 Å². The van der Waals surface area contributed by atoms with Gasteiger partial charge < -0.3 is 0 Å². The molecule has 0 spiro atoms. The van der Waals surface area contributed by atoms with Crippen molar-refractivity contribution in [3.63, 3.8) is 0 Å². The first-order valence-electron chi connectivity index (χ1n) is 4.68. The van der Waals surface area contributed by atoms with Crippen molar-refractivity contribution in [3.8, 4) is 0 Å². The minimum Gasteiger partial charge on any atom is -0.0651 e. The summed E-state index contributed by atoms with van der Waals surface area (Å²) in [6.07, 6.45) is 0. The van der Waals surface area contributed by atoms with Gasteiger partial charge in [-0.25, -0.2) is 0 Å². The third-order valence-corrected chi connectivity index (χ3v) is 9.67. The molecule has 0 bridgehead atoms. The average molecular weight is 171 g/mol. The van der Waals surface area contributed by atoms with Crippen molar-refractivity contribution in [2.45, 2.75) is 58.2 Å². The van der Waals surface area contributed by atoms with Gasteiger partial charge in [-0.15, -0.1) is 0 Å². The summed E-state index contributed by atoms with van der Waals surface area (Å²) in [5, 5.41) is 0. The fourth-order valence-electron chi connectivity index (χ4n) is 2.00. The largest absolute Gasteiger partial charge is 0.0651 e. The van der Waals surface area contributed by atoms with E-state index in [-0.39, 0.29) is 0 Å². The Morgan fingerprint density at radius 2 is 0.909 bits per heavy atom. The molecule has 0 unspecified atom stereocenters. The summed E-state index contributed by atoms with van der Waals surface area (Å²) in [6, 6.07) is 0. The number of rotatable bonds is 3. The van der Waals surface area contributed by atoms with E-state index < -0.39 is 8.07 Å². The Morgan fingerprint density at radius 3 is 0.909 bits per heavy atom. The molecule has 0 aliphatic carbocycles. The summed E-state index contributed by atoms with van der Waals surface area (Å²) in [4.78, 5) is 0. The Hall–Kier alpha value is 0.217. The van der Waals surface area contributed by atoms with Gasteiger partial charge in [0.2, 0.25) is 0 Å². The Labute approximate surface area is 73.4 Å². The van der Waals surface area contributed by atoms with Crippen molar-refractivity contribution >= 4 is 8.07 Å². The molecule has 0 heterocycles. The topological polar surface area (TPSA) is 0 Å². The van der Waals surface area contributed by atoms with E-state index in [1.54, 1.807) is 0 Å². The zero-order chi connectivity index (χ0) is 9.23. The van der Waals surface area contributed by atoms with Crippen molar-refractivity contribution in [2.75, 3.05) is 0 Å². The Balaban J connectivity index is 4.53. The van der Waals surface area contributed by atoms with Gasteiger partial charge in [-0.05, 0) is 0 Å². The molecule has 67 valence electrons. The number of hydrogen-bond acceptors (Lipinski definition) is 0. The molecular formula is C10H23Si. The number of hydrogen-bond donors (Lipinski definition) is 0. The monoisotopic (exact) mass is 171 g/mol. The van der Waals surface area contributed by atoms with Crippen molar-refractivity contribution < 1.29 is 0 Å². The van der Waals surface area contributed by atoms with Crippen LogP contribution in [0.2, 0.25) is 16.6 Å². The van der Waals surface area contributed by atoms with Crippen LogP contribution in [0.4, 0.5) is 0 Å². The predicted octanol–water partition coefficient (Wildman–Crippen LogP) is 4.04. The Kier molecular flexibility index (Phi) is 3.82.